The molecular formula is C14H19BrO3. The highest BCUT2D eigenvalue weighted by atomic mass is 79.9. The predicted octanol–water partition coefficient (Wildman–Crippen LogP) is 3.85. The van der Waals surface area contributed by atoms with Gasteiger partial charge in [-0.1, -0.05) is 29.3 Å². The molecule has 0 aliphatic rings. The molecule has 0 heterocycles. The third-order valence-corrected chi connectivity index (χ3v) is 2.94. The third-order valence-electron chi connectivity index (χ3n) is 2.45. The predicted molar refractivity (Wildman–Crippen MR) is 75.4 cm³/mol. The van der Waals surface area contributed by atoms with Crippen LogP contribution >= 0.6 is 15.9 Å². The van der Waals surface area contributed by atoms with Gasteiger partial charge in [-0.15, -0.1) is 0 Å². The Bertz CT molecular complexity index is 391. The Kier molecular flexibility index (Phi) is 6.98. The largest absolute Gasteiger partial charge is 0.490 e. The Morgan fingerprint density at radius 1 is 1.28 bits per heavy atom. The zero-order valence-corrected chi connectivity index (χ0v) is 12.5. The second-order valence-corrected chi connectivity index (χ2v) is 4.93. The lowest BCUT2D eigenvalue weighted by atomic mass is 10.1. The van der Waals surface area contributed by atoms with Crippen LogP contribution in [0.3, 0.4) is 0 Å². The van der Waals surface area contributed by atoms with Crippen molar-refractivity contribution in [3.05, 3.63) is 28.2 Å². The molecule has 0 spiro atoms. The first kappa shape index (κ1) is 15.2. The van der Waals surface area contributed by atoms with Crippen LogP contribution in [0.15, 0.2) is 22.7 Å². The minimum absolute atomic E-state index is 0.00408. The zero-order valence-electron chi connectivity index (χ0n) is 10.9. The van der Waals surface area contributed by atoms with Crippen molar-refractivity contribution in [3.8, 4) is 5.75 Å². The van der Waals surface area contributed by atoms with Crippen LogP contribution in [-0.2, 0) is 4.74 Å². The summed E-state index contributed by atoms with van der Waals surface area (Å²) in [7, 11) is 0. The number of halogens is 1. The first-order valence-corrected chi connectivity index (χ1v) is 6.95. The summed E-state index contributed by atoms with van der Waals surface area (Å²) in [5, 5.41) is 0. The standard InChI is InChI=1S/C14H19BrO3/c1-3-4-7-17-8-9-18-14-10-12(15)5-6-13(14)11(2)16/h5-6,10H,3-4,7-9H2,1-2H3. The molecule has 100 valence electrons. The number of benzene rings is 1. The van der Waals surface area contributed by atoms with Gasteiger partial charge in [-0.25, -0.2) is 0 Å². The average Bonchev–Trinajstić information content (AvgIpc) is 2.33. The molecule has 1 aromatic carbocycles. The maximum Gasteiger partial charge on any atom is 0.163 e. The minimum atomic E-state index is 0.00408. The summed E-state index contributed by atoms with van der Waals surface area (Å²) in [5.41, 5.74) is 0.603. The van der Waals surface area contributed by atoms with Crippen LogP contribution in [0.4, 0.5) is 0 Å². The normalized spacial score (nSPS) is 10.4. The highest BCUT2D eigenvalue weighted by molar-refractivity contribution is 9.10. The lowest BCUT2D eigenvalue weighted by molar-refractivity contribution is 0.0948. The molecule has 1 aromatic rings. The van der Waals surface area contributed by atoms with E-state index in [1.165, 1.54) is 6.92 Å². The molecule has 1 rings (SSSR count). The van der Waals surface area contributed by atoms with E-state index in [1.807, 2.05) is 12.1 Å². The van der Waals surface area contributed by atoms with Gasteiger partial charge in [0, 0.05) is 11.1 Å². The molecule has 0 saturated heterocycles. The first-order chi connectivity index (χ1) is 8.65. The van der Waals surface area contributed by atoms with E-state index in [-0.39, 0.29) is 5.78 Å². The summed E-state index contributed by atoms with van der Waals surface area (Å²) in [6.45, 7) is 5.43. The quantitative estimate of drug-likeness (QED) is 0.540. The van der Waals surface area contributed by atoms with E-state index in [1.54, 1.807) is 6.07 Å². The fraction of sp³-hybridized carbons (Fsp3) is 0.500. The number of carbonyl (C=O) groups excluding carboxylic acids is 1. The summed E-state index contributed by atoms with van der Waals surface area (Å²) in [4.78, 5) is 11.4. The van der Waals surface area contributed by atoms with Gasteiger partial charge < -0.3 is 9.47 Å². The maximum atomic E-state index is 11.4. The SMILES string of the molecule is CCCCOCCOc1cc(Br)ccc1C(C)=O. The van der Waals surface area contributed by atoms with Crippen LogP contribution in [0.2, 0.25) is 0 Å². The minimum Gasteiger partial charge on any atom is -0.490 e. The van der Waals surface area contributed by atoms with Crippen molar-refractivity contribution >= 4 is 21.7 Å². The molecule has 18 heavy (non-hydrogen) atoms. The van der Waals surface area contributed by atoms with Gasteiger partial charge in [-0.3, -0.25) is 4.79 Å². The van der Waals surface area contributed by atoms with Crippen LogP contribution in [0.5, 0.6) is 5.75 Å². The topological polar surface area (TPSA) is 35.5 Å². The third kappa shape index (κ3) is 5.19. The van der Waals surface area contributed by atoms with Gasteiger partial charge in [0.25, 0.3) is 0 Å². The van der Waals surface area contributed by atoms with E-state index in [0.717, 1.165) is 23.9 Å². The Labute approximate surface area is 117 Å². The van der Waals surface area contributed by atoms with Crippen molar-refractivity contribution in [2.75, 3.05) is 19.8 Å². The van der Waals surface area contributed by atoms with E-state index in [9.17, 15) is 4.79 Å². The lowest BCUT2D eigenvalue weighted by Crippen LogP contribution is -2.09. The number of Topliss-reactive ketones (excluding diaryl/α,β-unsaturated/α-hetero) is 1. The molecule has 0 N–H and O–H groups in total. The lowest BCUT2D eigenvalue weighted by Gasteiger charge is -2.10. The fourth-order valence-electron chi connectivity index (χ4n) is 1.47. The van der Waals surface area contributed by atoms with E-state index in [4.69, 9.17) is 9.47 Å². The molecule has 0 aromatic heterocycles. The number of rotatable bonds is 8. The van der Waals surface area contributed by atoms with Crippen molar-refractivity contribution in [2.45, 2.75) is 26.7 Å². The molecule has 3 nitrogen and oxygen atoms in total. The number of hydrogen-bond acceptors (Lipinski definition) is 3. The van der Waals surface area contributed by atoms with Gasteiger partial charge in [-0.05, 0) is 31.5 Å². The van der Waals surface area contributed by atoms with E-state index >= 15 is 0 Å². The van der Waals surface area contributed by atoms with E-state index < -0.39 is 0 Å². The molecule has 4 heteroatoms. The molecule has 0 saturated carbocycles. The Morgan fingerprint density at radius 2 is 2.06 bits per heavy atom. The molecule has 0 fully saturated rings. The van der Waals surface area contributed by atoms with Crippen molar-refractivity contribution in [1.82, 2.24) is 0 Å². The van der Waals surface area contributed by atoms with Gasteiger partial charge in [0.05, 0.1) is 12.2 Å². The number of ketones is 1. The Balaban J connectivity index is 2.45. The van der Waals surface area contributed by atoms with Gasteiger partial charge in [0.15, 0.2) is 5.78 Å². The highest BCUT2D eigenvalue weighted by Crippen LogP contribution is 2.24. The molecule has 0 aliphatic heterocycles. The summed E-state index contributed by atoms with van der Waals surface area (Å²) in [5.74, 6) is 0.611. The highest BCUT2D eigenvalue weighted by Gasteiger charge is 2.08. The molecule has 0 unspecified atom stereocenters. The van der Waals surface area contributed by atoms with Crippen LogP contribution in [-0.4, -0.2) is 25.6 Å². The summed E-state index contributed by atoms with van der Waals surface area (Å²) >= 11 is 3.37. The summed E-state index contributed by atoms with van der Waals surface area (Å²) < 4.78 is 11.9. The van der Waals surface area contributed by atoms with Crippen molar-refractivity contribution < 1.29 is 14.3 Å². The van der Waals surface area contributed by atoms with Gasteiger partial charge >= 0.3 is 0 Å². The van der Waals surface area contributed by atoms with Crippen LogP contribution < -0.4 is 4.74 Å². The van der Waals surface area contributed by atoms with E-state index in [0.29, 0.717) is 24.5 Å². The number of unbranched alkanes of at least 4 members (excludes halogenated alkanes) is 1. The van der Waals surface area contributed by atoms with Crippen molar-refractivity contribution in [1.29, 1.82) is 0 Å². The van der Waals surface area contributed by atoms with Crippen molar-refractivity contribution in [2.24, 2.45) is 0 Å². The van der Waals surface area contributed by atoms with Gasteiger partial charge in [0.1, 0.15) is 12.4 Å². The molecule has 0 bridgehead atoms. The molecule has 0 amide bonds. The fourth-order valence-corrected chi connectivity index (χ4v) is 1.81. The monoisotopic (exact) mass is 314 g/mol. The van der Waals surface area contributed by atoms with Crippen molar-refractivity contribution in [3.63, 3.8) is 0 Å². The smallest absolute Gasteiger partial charge is 0.163 e. The second kappa shape index (κ2) is 8.27. The average molecular weight is 315 g/mol. The second-order valence-electron chi connectivity index (χ2n) is 4.01. The van der Waals surface area contributed by atoms with E-state index in [2.05, 4.69) is 22.9 Å². The first-order valence-electron chi connectivity index (χ1n) is 6.16. The van der Waals surface area contributed by atoms with Crippen LogP contribution in [0.25, 0.3) is 0 Å². The number of ether oxygens (including phenoxy) is 2. The zero-order chi connectivity index (χ0) is 13.4. The summed E-state index contributed by atoms with van der Waals surface area (Å²) in [6, 6.07) is 5.41. The van der Waals surface area contributed by atoms with Crippen LogP contribution in [0, 0.1) is 0 Å². The number of hydrogen-bond donors (Lipinski definition) is 0. The summed E-state index contributed by atoms with van der Waals surface area (Å²) in [6.07, 6.45) is 2.19. The Morgan fingerprint density at radius 3 is 2.72 bits per heavy atom. The molecule has 0 aliphatic carbocycles. The molecule has 0 radical (unpaired) electrons. The number of carbonyl (C=O) groups is 1. The van der Waals surface area contributed by atoms with Crippen LogP contribution in [0.1, 0.15) is 37.0 Å². The molecular weight excluding hydrogens is 296 g/mol. The molecule has 0 atom stereocenters. The Hall–Kier alpha value is -0.870. The van der Waals surface area contributed by atoms with Gasteiger partial charge in [-0.2, -0.15) is 0 Å². The van der Waals surface area contributed by atoms with Gasteiger partial charge in [0.2, 0.25) is 0 Å². The maximum absolute atomic E-state index is 11.4.